The summed E-state index contributed by atoms with van der Waals surface area (Å²) in [6, 6.07) is 12.4. The predicted octanol–water partition coefficient (Wildman–Crippen LogP) is 7.51. The number of halogens is 6. The number of nitrogens with one attached hydrogen (secondary N) is 1. The standard InChI is InChI=1S/C38H39ClF5N7O5S/c1-35(2,3)19-38(23-9-12-25(27(40)17-23)21-6-10-24(11-7-21)57(5,54)55)32(52)50(33(45)48-38)29(18-56-34(53)49-37(14-15-37)36(4,43)44)22-8-13-26(39)28(16-22)51-31(30(41)42)46-20-47-51/h6-13,16-17,20,29-30H,14-15,18-19H2,1-5H3,(H2,45,48)(H,49,53)/t29-,38-/m1/s1. The summed E-state index contributed by atoms with van der Waals surface area (Å²) in [6.07, 6.45) is -2.33. The number of sulfone groups is 1. The number of rotatable bonds is 12. The van der Waals surface area contributed by atoms with Crippen LogP contribution in [-0.4, -0.2) is 70.4 Å². The highest BCUT2D eigenvalue weighted by molar-refractivity contribution is 7.90. The molecule has 57 heavy (non-hydrogen) atoms. The topological polar surface area (TPSA) is 162 Å². The predicted molar refractivity (Wildman–Crippen MR) is 200 cm³/mol. The lowest BCUT2D eigenvalue weighted by molar-refractivity contribution is -0.135. The normalized spacial score (nSPS) is 18.8. The van der Waals surface area contributed by atoms with E-state index in [0.29, 0.717) is 12.5 Å². The fourth-order valence-electron chi connectivity index (χ4n) is 6.95. The first-order valence-corrected chi connectivity index (χ1v) is 19.8. The van der Waals surface area contributed by atoms with Gasteiger partial charge in [0.1, 0.15) is 24.3 Å². The average Bonchev–Trinajstić information content (AvgIpc) is 3.66. The lowest BCUT2D eigenvalue weighted by atomic mass is 9.75. The largest absolute Gasteiger partial charge is 0.447 e. The van der Waals surface area contributed by atoms with Crippen LogP contribution in [0.2, 0.25) is 5.02 Å². The van der Waals surface area contributed by atoms with E-state index in [1.807, 2.05) is 20.8 Å². The summed E-state index contributed by atoms with van der Waals surface area (Å²) >= 11 is 6.44. The second kappa shape index (κ2) is 14.7. The number of ether oxygens (including phenoxy) is 1. The summed E-state index contributed by atoms with van der Waals surface area (Å²) < 4.78 is 103. The Kier molecular flexibility index (Phi) is 10.7. The van der Waals surface area contributed by atoms with Gasteiger partial charge in [-0.1, -0.05) is 62.7 Å². The van der Waals surface area contributed by atoms with Crippen molar-refractivity contribution in [2.45, 2.75) is 81.3 Å². The maximum atomic E-state index is 16.1. The zero-order chi connectivity index (χ0) is 41.9. The number of hydrogen-bond donors (Lipinski definition) is 2. The highest BCUT2D eigenvalue weighted by Gasteiger charge is 2.60. The van der Waals surface area contributed by atoms with Crippen molar-refractivity contribution in [3.05, 3.63) is 94.8 Å². The Morgan fingerprint density at radius 1 is 1.05 bits per heavy atom. The van der Waals surface area contributed by atoms with Crippen molar-refractivity contribution in [1.29, 1.82) is 0 Å². The van der Waals surface area contributed by atoms with Crippen molar-refractivity contribution < 1.29 is 44.7 Å². The molecule has 3 N–H and O–H groups in total. The lowest BCUT2D eigenvalue weighted by Gasteiger charge is -2.35. The molecule has 1 aromatic heterocycles. The zero-order valence-corrected chi connectivity index (χ0v) is 32.9. The first-order valence-electron chi connectivity index (χ1n) is 17.6. The van der Waals surface area contributed by atoms with Gasteiger partial charge in [-0.15, -0.1) is 0 Å². The van der Waals surface area contributed by atoms with Crippen molar-refractivity contribution >= 4 is 39.4 Å². The minimum Gasteiger partial charge on any atom is -0.447 e. The summed E-state index contributed by atoms with van der Waals surface area (Å²) in [4.78, 5) is 37.4. The van der Waals surface area contributed by atoms with Crippen LogP contribution in [0.15, 0.2) is 76.9 Å². The van der Waals surface area contributed by atoms with Crippen LogP contribution in [0.1, 0.15) is 76.4 Å². The van der Waals surface area contributed by atoms with Crippen molar-refractivity contribution in [3.8, 4) is 16.8 Å². The van der Waals surface area contributed by atoms with Gasteiger partial charge in [-0.05, 0) is 71.7 Å². The number of aromatic nitrogens is 3. The molecule has 3 aromatic carbocycles. The molecule has 2 amide bonds. The molecule has 304 valence electrons. The van der Waals surface area contributed by atoms with Crippen molar-refractivity contribution in [1.82, 2.24) is 25.0 Å². The van der Waals surface area contributed by atoms with Gasteiger partial charge < -0.3 is 15.8 Å². The third kappa shape index (κ3) is 8.19. The van der Waals surface area contributed by atoms with E-state index in [1.165, 1.54) is 54.6 Å². The minimum absolute atomic E-state index is 0.000790. The number of nitrogens with two attached hydrogens (primary N) is 1. The van der Waals surface area contributed by atoms with Crippen LogP contribution in [0, 0.1) is 11.2 Å². The number of benzene rings is 3. The Labute approximate surface area is 330 Å². The van der Waals surface area contributed by atoms with Crippen LogP contribution in [0.5, 0.6) is 0 Å². The van der Waals surface area contributed by atoms with Gasteiger partial charge >= 0.3 is 6.09 Å². The summed E-state index contributed by atoms with van der Waals surface area (Å²) in [5.41, 5.74) is 2.88. The summed E-state index contributed by atoms with van der Waals surface area (Å²) in [5, 5.41) is 6.06. The smallest absolute Gasteiger partial charge is 0.407 e. The van der Waals surface area contributed by atoms with Gasteiger partial charge in [-0.3, -0.25) is 9.69 Å². The van der Waals surface area contributed by atoms with Crippen LogP contribution in [0.25, 0.3) is 16.8 Å². The van der Waals surface area contributed by atoms with E-state index in [-0.39, 0.29) is 57.5 Å². The highest BCUT2D eigenvalue weighted by Crippen LogP contribution is 2.48. The molecular weight excluding hydrogens is 797 g/mol. The fourth-order valence-corrected chi connectivity index (χ4v) is 7.78. The number of amides is 2. The Morgan fingerprint density at radius 3 is 2.28 bits per heavy atom. The Hall–Kier alpha value is -5.10. The molecule has 0 saturated heterocycles. The van der Waals surface area contributed by atoms with Gasteiger partial charge in [0.15, 0.2) is 27.2 Å². The molecule has 0 radical (unpaired) electrons. The monoisotopic (exact) mass is 835 g/mol. The van der Waals surface area contributed by atoms with Gasteiger partial charge in [-0.2, -0.15) is 5.10 Å². The molecule has 12 nitrogen and oxygen atoms in total. The molecule has 2 aliphatic rings. The molecule has 6 rings (SSSR count). The summed E-state index contributed by atoms with van der Waals surface area (Å²) in [7, 11) is -3.51. The number of nitrogens with zero attached hydrogens (tertiary/aromatic N) is 5. The molecule has 2 heterocycles. The van der Waals surface area contributed by atoms with E-state index in [0.717, 1.165) is 28.2 Å². The average molecular weight is 836 g/mol. The number of alkyl halides is 4. The number of guanidine groups is 1. The van der Waals surface area contributed by atoms with Crippen molar-refractivity contribution in [2.75, 3.05) is 12.9 Å². The van der Waals surface area contributed by atoms with E-state index in [1.54, 1.807) is 0 Å². The third-order valence-electron chi connectivity index (χ3n) is 9.92. The van der Waals surface area contributed by atoms with Gasteiger partial charge in [0, 0.05) is 18.7 Å². The molecule has 0 bridgehead atoms. The second-order valence-corrected chi connectivity index (χ2v) is 17.9. The van der Waals surface area contributed by atoms with Gasteiger partial charge in [0.25, 0.3) is 18.3 Å². The summed E-state index contributed by atoms with van der Waals surface area (Å²) in [6.45, 7) is 5.47. The lowest BCUT2D eigenvalue weighted by Crippen LogP contribution is -2.50. The van der Waals surface area contributed by atoms with Crippen molar-refractivity contribution in [2.24, 2.45) is 16.1 Å². The Bertz CT molecular complexity index is 2360. The molecule has 1 saturated carbocycles. The van der Waals surface area contributed by atoms with Crippen LogP contribution in [-0.2, 0) is 24.9 Å². The van der Waals surface area contributed by atoms with Crippen LogP contribution in [0.4, 0.5) is 26.7 Å². The van der Waals surface area contributed by atoms with Crippen LogP contribution in [0.3, 0.4) is 0 Å². The van der Waals surface area contributed by atoms with E-state index < -0.39 is 75.0 Å². The Balaban J connectivity index is 1.42. The molecule has 0 unspecified atom stereocenters. The first-order chi connectivity index (χ1) is 26.5. The number of hydrogen-bond acceptors (Lipinski definition) is 9. The molecule has 1 aliphatic carbocycles. The second-order valence-electron chi connectivity index (χ2n) is 15.5. The quantitative estimate of drug-likeness (QED) is 0.139. The summed E-state index contributed by atoms with van der Waals surface area (Å²) in [5.74, 6) is -5.90. The minimum atomic E-state index is -3.51. The van der Waals surface area contributed by atoms with Gasteiger partial charge in [0.05, 0.1) is 21.6 Å². The number of alkyl carbamates (subject to hydrolysis) is 1. The maximum Gasteiger partial charge on any atom is 0.407 e. The van der Waals surface area contributed by atoms with E-state index >= 15 is 9.18 Å². The molecule has 0 spiro atoms. The molecule has 2 atom stereocenters. The fraction of sp³-hybridized carbons (Fsp3) is 0.395. The zero-order valence-electron chi connectivity index (χ0n) is 31.4. The molecule has 19 heteroatoms. The number of carbonyl (C=O) groups excluding carboxylic acids is 2. The number of carbonyl (C=O) groups is 2. The Morgan fingerprint density at radius 2 is 1.72 bits per heavy atom. The third-order valence-corrected chi connectivity index (χ3v) is 11.4. The van der Waals surface area contributed by atoms with Crippen LogP contribution < -0.4 is 11.1 Å². The first kappa shape index (κ1) is 41.5. The molecular formula is C38H39ClF5N7O5S. The van der Waals surface area contributed by atoms with E-state index in [4.69, 9.17) is 22.1 Å². The van der Waals surface area contributed by atoms with Crippen molar-refractivity contribution in [3.63, 3.8) is 0 Å². The van der Waals surface area contributed by atoms with Gasteiger partial charge in [-0.25, -0.2) is 49.8 Å². The van der Waals surface area contributed by atoms with Gasteiger partial charge in [0.2, 0.25) is 0 Å². The molecule has 1 fully saturated rings. The molecule has 4 aromatic rings. The highest BCUT2D eigenvalue weighted by atomic mass is 35.5. The number of aliphatic imine (C=N–C) groups is 1. The van der Waals surface area contributed by atoms with Crippen LogP contribution >= 0.6 is 11.6 Å². The molecule has 1 aliphatic heterocycles. The maximum absolute atomic E-state index is 16.1. The van der Waals surface area contributed by atoms with E-state index in [9.17, 15) is 30.8 Å². The SMILES string of the molecule is CC(C)(C)C[C@]1(c2ccc(-c3ccc(S(C)(=O)=O)cc3)c(F)c2)N=C(N)N([C@H](COC(=O)NC2(C(C)(F)F)CC2)c2ccc(Cl)c(-n3ncnc3C(F)F)c2)C1=O. The van der Waals surface area contributed by atoms with E-state index in [2.05, 4.69) is 20.4 Å².